The van der Waals surface area contributed by atoms with Crippen molar-refractivity contribution in [2.24, 2.45) is 0 Å². The predicted molar refractivity (Wildman–Crippen MR) is 58.9 cm³/mol. The van der Waals surface area contributed by atoms with Gasteiger partial charge in [0.15, 0.2) is 11.0 Å². The number of nitrogens with one attached hydrogen (secondary N) is 1. The van der Waals surface area contributed by atoms with Crippen LogP contribution in [0.15, 0.2) is 18.3 Å². The van der Waals surface area contributed by atoms with Gasteiger partial charge in [0.1, 0.15) is 0 Å². The van der Waals surface area contributed by atoms with E-state index >= 15 is 0 Å². The van der Waals surface area contributed by atoms with Gasteiger partial charge in [-0.3, -0.25) is 0 Å². The lowest BCUT2D eigenvalue weighted by Gasteiger charge is -1.98. The molecule has 86 valence electrons. The fraction of sp³-hybridized carbons (Fsp3) is 0.200. The molecule has 0 aliphatic rings. The van der Waals surface area contributed by atoms with E-state index in [1.54, 1.807) is 6.08 Å². The molecule has 1 aromatic heterocycles. The van der Waals surface area contributed by atoms with E-state index in [4.69, 9.17) is 16.7 Å². The highest BCUT2D eigenvalue weighted by molar-refractivity contribution is 6.29. The van der Waals surface area contributed by atoms with Crippen LogP contribution >= 0.6 is 11.6 Å². The highest BCUT2D eigenvalue weighted by atomic mass is 35.5. The monoisotopic (exact) mass is 244 g/mol. The summed E-state index contributed by atoms with van der Waals surface area (Å²) in [4.78, 5) is 13.7. The second kappa shape index (κ2) is 6.07. The third-order valence-corrected chi connectivity index (χ3v) is 2.02. The van der Waals surface area contributed by atoms with Crippen LogP contribution in [-0.4, -0.2) is 22.7 Å². The van der Waals surface area contributed by atoms with Gasteiger partial charge in [0.25, 0.3) is 0 Å². The summed E-state index contributed by atoms with van der Waals surface area (Å²) in [6, 6.07) is 1.49. The predicted octanol–water partition coefficient (Wildman–Crippen LogP) is 2.55. The Labute approximate surface area is 96.8 Å². The van der Waals surface area contributed by atoms with Crippen molar-refractivity contribution in [3.63, 3.8) is 0 Å². The normalized spacial score (nSPS) is 10.6. The van der Waals surface area contributed by atoms with Gasteiger partial charge < -0.3 is 10.4 Å². The fourth-order valence-corrected chi connectivity index (χ4v) is 1.20. The molecule has 0 aromatic carbocycles. The fourth-order valence-electron chi connectivity index (χ4n) is 1.03. The van der Waals surface area contributed by atoms with Crippen LogP contribution in [0.1, 0.15) is 12.0 Å². The summed E-state index contributed by atoms with van der Waals surface area (Å²) in [7, 11) is 0. The number of carboxylic acid groups (broad SMARTS) is 1. The first-order chi connectivity index (χ1) is 7.61. The average molecular weight is 245 g/mol. The smallest absolute Gasteiger partial charge is 0.404 e. The summed E-state index contributed by atoms with van der Waals surface area (Å²) in [5, 5.41) is 10.3. The Hall–Kier alpha value is -1.62. The summed E-state index contributed by atoms with van der Waals surface area (Å²) in [6.45, 7) is 0.284. The Morgan fingerprint density at radius 2 is 2.44 bits per heavy atom. The first-order valence-electron chi connectivity index (χ1n) is 4.54. The standard InChI is InChI=1S/C10H10ClFN2O2/c11-9-8(12)7(4-6-13-9)3-1-2-5-14-10(15)16/h1,3-4,6,14H,2,5H2,(H,15,16). The lowest BCUT2D eigenvalue weighted by Crippen LogP contribution is -2.21. The van der Waals surface area contributed by atoms with Gasteiger partial charge >= 0.3 is 6.09 Å². The highest BCUT2D eigenvalue weighted by Crippen LogP contribution is 2.16. The molecular weight excluding hydrogens is 235 g/mol. The van der Waals surface area contributed by atoms with Gasteiger partial charge in [-0.1, -0.05) is 23.8 Å². The maximum absolute atomic E-state index is 13.3. The molecule has 0 aliphatic carbocycles. The number of pyridine rings is 1. The Morgan fingerprint density at radius 1 is 1.69 bits per heavy atom. The SMILES string of the molecule is O=C(O)NCCC=Cc1ccnc(Cl)c1F. The number of nitrogens with zero attached hydrogens (tertiary/aromatic N) is 1. The minimum atomic E-state index is -1.08. The van der Waals surface area contributed by atoms with E-state index in [0.29, 0.717) is 12.0 Å². The molecule has 2 N–H and O–H groups in total. The van der Waals surface area contributed by atoms with Crippen LogP contribution in [0.3, 0.4) is 0 Å². The van der Waals surface area contributed by atoms with Crippen molar-refractivity contribution in [1.29, 1.82) is 0 Å². The van der Waals surface area contributed by atoms with Crippen molar-refractivity contribution in [3.05, 3.63) is 34.9 Å². The van der Waals surface area contributed by atoms with E-state index in [9.17, 15) is 9.18 Å². The molecule has 1 amide bonds. The third-order valence-electron chi connectivity index (χ3n) is 1.76. The van der Waals surface area contributed by atoms with Crippen molar-refractivity contribution in [1.82, 2.24) is 10.3 Å². The van der Waals surface area contributed by atoms with Crippen molar-refractivity contribution >= 4 is 23.8 Å². The minimum Gasteiger partial charge on any atom is -0.465 e. The first kappa shape index (κ1) is 12.4. The number of carbonyl (C=O) groups is 1. The zero-order valence-corrected chi connectivity index (χ0v) is 9.04. The minimum absolute atomic E-state index is 0.175. The average Bonchev–Trinajstić information content (AvgIpc) is 2.23. The molecular formula is C10H10ClFN2O2. The molecule has 0 saturated carbocycles. The topological polar surface area (TPSA) is 62.2 Å². The zero-order chi connectivity index (χ0) is 12.0. The number of hydrogen-bond donors (Lipinski definition) is 2. The maximum Gasteiger partial charge on any atom is 0.404 e. The largest absolute Gasteiger partial charge is 0.465 e. The van der Waals surface area contributed by atoms with E-state index in [1.807, 2.05) is 0 Å². The molecule has 0 aliphatic heterocycles. The van der Waals surface area contributed by atoms with Crippen LogP contribution in [0, 0.1) is 5.82 Å². The summed E-state index contributed by atoms with van der Waals surface area (Å²) in [6.07, 6.45) is 4.00. The molecule has 0 bridgehead atoms. The van der Waals surface area contributed by atoms with Crippen LogP contribution in [0.5, 0.6) is 0 Å². The van der Waals surface area contributed by atoms with Gasteiger partial charge in [0.05, 0.1) is 0 Å². The molecule has 1 rings (SSSR count). The van der Waals surface area contributed by atoms with Crippen molar-refractivity contribution in [3.8, 4) is 0 Å². The van der Waals surface area contributed by atoms with Gasteiger partial charge in [-0.15, -0.1) is 0 Å². The van der Waals surface area contributed by atoms with Gasteiger partial charge in [0, 0.05) is 18.3 Å². The lowest BCUT2D eigenvalue weighted by molar-refractivity contribution is 0.194. The molecule has 1 aromatic rings. The van der Waals surface area contributed by atoms with Gasteiger partial charge in [0.2, 0.25) is 0 Å². The van der Waals surface area contributed by atoms with Crippen molar-refractivity contribution < 1.29 is 14.3 Å². The summed E-state index contributed by atoms with van der Waals surface area (Å²) in [5.41, 5.74) is 0.329. The van der Waals surface area contributed by atoms with Crippen molar-refractivity contribution in [2.45, 2.75) is 6.42 Å². The second-order valence-corrected chi connectivity index (χ2v) is 3.29. The van der Waals surface area contributed by atoms with Crippen LogP contribution in [-0.2, 0) is 0 Å². The first-order valence-corrected chi connectivity index (χ1v) is 4.92. The van der Waals surface area contributed by atoms with Crippen LogP contribution in [0.2, 0.25) is 5.15 Å². The molecule has 6 heteroatoms. The number of halogens is 2. The lowest BCUT2D eigenvalue weighted by atomic mass is 10.2. The van der Waals surface area contributed by atoms with Gasteiger partial charge in [-0.05, 0) is 12.5 Å². The van der Waals surface area contributed by atoms with Gasteiger partial charge in [-0.25, -0.2) is 14.2 Å². The Bertz CT molecular complexity index is 410. The van der Waals surface area contributed by atoms with Gasteiger partial charge in [-0.2, -0.15) is 0 Å². The quantitative estimate of drug-likeness (QED) is 0.632. The Morgan fingerprint density at radius 3 is 3.12 bits per heavy atom. The van der Waals surface area contributed by atoms with E-state index in [-0.39, 0.29) is 11.7 Å². The number of hydrogen-bond acceptors (Lipinski definition) is 2. The summed E-state index contributed by atoms with van der Waals surface area (Å²) < 4.78 is 13.3. The van der Waals surface area contributed by atoms with E-state index in [1.165, 1.54) is 18.3 Å². The zero-order valence-electron chi connectivity index (χ0n) is 8.28. The molecule has 0 spiro atoms. The second-order valence-electron chi connectivity index (χ2n) is 2.93. The number of aromatic nitrogens is 1. The molecule has 4 nitrogen and oxygen atoms in total. The molecule has 0 fully saturated rings. The van der Waals surface area contributed by atoms with Crippen LogP contribution in [0.4, 0.5) is 9.18 Å². The Balaban J connectivity index is 2.50. The number of rotatable bonds is 4. The molecule has 0 radical (unpaired) electrons. The molecule has 0 unspecified atom stereocenters. The van der Waals surface area contributed by atoms with E-state index < -0.39 is 11.9 Å². The number of amides is 1. The summed E-state index contributed by atoms with van der Waals surface area (Å²) in [5.74, 6) is -0.577. The summed E-state index contributed by atoms with van der Waals surface area (Å²) >= 11 is 5.49. The third kappa shape index (κ3) is 3.86. The molecule has 0 atom stereocenters. The Kier molecular flexibility index (Phi) is 4.72. The van der Waals surface area contributed by atoms with Crippen LogP contribution in [0.25, 0.3) is 6.08 Å². The molecule has 0 saturated heterocycles. The van der Waals surface area contributed by atoms with Crippen molar-refractivity contribution in [2.75, 3.05) is 6.54 Å². The van der Waals surface area contributed by atoms with E-state index in [2.05, 4.69) is 10.3 Å². The maximum atomic E-state index is 13.3. The highest BCUT2D eigenvalue weighted by Gasteiger charge is 2.03. The molecule has 1 heterocycles. The van der Waals surface area contributed by atoms with Crippen LogP contribution < -0.4 is 5.32 Å². The molecule has 16 heavy (non-hydrogen) atoms. The van der Waals surface area contributed by atoms with E-state index in [0.717, 1.165) is 0 Å².